The second-order valence-electron chi connectivity index (χ2n) is 4.87. The van der Waals surface area contributed by atoms with Gasteiger partial charge in [-0.15, -0.1) is 11.6 Å². The van der Waals surface area contributed by atoms with Crippen molar-refractivity contribution in [3.63, 3.8) is 0 Å². The summed E-state index contributed by atoms with van der Waals surface area (Å²) in [6.07, 6.45) is 7.28. The molecule has 0 amide bonds. The molecule has 1 fully saturated rings. The predicted molar refractivity (Wildman–Crippen MR) is 72.9 cm³/mol. The van der Waals surface area contributed by atoms with Crippen LogP contribution >= 0.6 is 11.6 Å². The zero-order chi connectivity index (χ0) is 14.3. The van der Waals surface area contributed by atoms with E-state index in [-0.39, 0.29) is 23.2 Å². The number of hydrogen-bond donors (Lipinski definition) is 1. The molecule has 0 unspecified atom stereocenters. The summed E-state index contributed by atoms with van der Waals surface area (Å²) in [6, 6.07) is 0. The Balaban J connectivity index is 2.27. The van der Waals surface area contributed by atoms with Crippen LogP contribution in [-0.2, 0) is 14.3 Å². The van der Waals surface area contributed by atoms with Gasteiger partial charge in [-0.25, -0.2) is 0 Å². The largest absolute Gasteiger partial charge is 0.469 e. The Hall–Kier alpha value is -0.870. The number of aldehydes is 1. The van der Waals surface area contributed by atoms with E-state index in [0.717, 1.165) is 19.1 Å². The Labute approximate surface area is 118 Å². The molecular weight excluding hydrogens is 268 g/mol. The summed E-state index contributed by atoms with van der Waals surface area (Å²) in [5, 5.41) is 9.52. The van der Waals surface area contributed by atoms with Gasteiger partial charge in [0.25, 0.3) is 0 Å². The number of ether oxygens (including phenoxy) is 1. The molecule has 0 spiro atoms. The van der Waals surface area contributed by atoms with E-state index in [9.17, 15) is 14.7 Å². The van der Waals surface area contributed by atoms with E-state index in [4.69, 9.17) is 11.6 Å². The first-order chi connectivity index (χ1) is 9.10. The molecule has 1 aliphatic carbocycles. The average molecular weight is 289 g/mol. The number of unbranched alkanes of at least 4 members (excludes halogenated alkanes) is 1. The molecule has 108 valence electrons. The number of methoxy groups -OCH3 is 1. The molecule has 1 N–H and O–H groups in total. The smallest absolute Gasteiger partial charge is 0.305 e. The molecule has 19 heavy (non-hydrogen) atoms. The minimum absolute atomic E-state index is 0.00558. The molecule has 0 radical (unpaired) electrons. The van der Waals surface area contributed by atoms with E-state index in [1.54, 1.807) is 0 Å². The number of hydrogen-bond acceptors (Lipinski definition) is 4. The van der Waals surface area contributed by atoms with E-state index in [2.05, 4.69) is 4.74 Å². The summed E-state index contributed by atoms with van der Waals surface area (Å²) in [5.74, 6) is -0.553. The van der Waals surface area contributed by atoms with Crippen molar-refractivity contribution in [1.29, 1.82) is 0 Å². The predicted octanol–water partition coefficient (Wildman–Crippen LogP) is 2.08. The second kappa shape index (κ2) is 8.33. The maximum atomic E-state index is 10.9. The van der Waals surface area contributed by atoms with E-state index >= 15 is 0 Å². The van der Waals surface area contributed by atoms with Gasteiger partial charge in [-0.3, -0.25) is 4.79 Å². The number of alkyl halides is 1. The van der Waals surface area contributed by atoms with E-state index < -0.39 is 6.10 Å². The Bertz CT molecular complexity index is 329. The van der Waals surface area contributed by atoms with Crippen molar-refractivity contribution in [1.82, 2.24) is 0 Å². The minimum atomic E-state index is -0.613. The van der Waals surface area contributed by atoms with Crippen LogP contribution < -0.4 is 0 Å². The van der Waals surface area contributed by atoms with Crippen molar-refractivity contribution in [2.75, 3.05) is 7.11 Å². The topological polar surface area (TPSA) is 63.6 Å². The maximum Gasteiger partial charge on any atom is 0.305 e. The van der Waals surface area contributed by atoms with Crippen LogP contribution in [0.3, 0.4) is 0 Å². The van der Waals surface area contributed by atoms with Gasteiger partial charge in [-0.05, 0) is 31.6 Å². The summed E-state index contributed by atoms with van der Waals surface area (Å²) in [6.45, 7) is 0. The molecule has 4 nitrogen and oxygen atoms in total. The highest BCUT2D eigenvalue weighted by molar-refractivity contribution is 6.21. The summed E-state index contributed by atoms with van der Waals surface area (Å²) in [5.41, 5.74) is 0. The molecule has 0 aromatic carbocycles. The van der Waals surface area contributed by atoms with Crippen LogP contribution in [-0.4, -0.2) is 36.0 Å². The van der Waals surface area contributed by atoms with Crippen LogP contribution in [0.1, 0.15) is 32.1 Å². The number of esters is 1. The fourth-order valence-electron chi connectivity index (χ4n) is 2.42. The molecule has 0 aromatic rings. The summed E-state index contributed by atoms with van der Waals surface area (Å²) in [4.78, 5) is 21.8. The molecule has 0 aliphatic heterocycles. The van der Waals surface area contributed by atoms with E-state index in [1.807, 2.05) is 12.2 Å². The zero-order valence-electron chi connectivity index (χ0n) is 11.1. The van der Waals surface area contributed by atoms with Gasteiger partial charge in [0.2, 0.25) is 0 Å². The number of carbonyl (C=O) groups excluding carboxylic acids is 2. The third-order valence-corrected chi connectivity index (χ3v) is 4.08. The Kier molecular flexibility index (Phi) is 7.10. The lowest BCUT2D eigenvalue weighted by Crippen LogP contribution is -2.21. The van der Waals surface area contributed by atoms with Crippen LogP contribution in [0.4, 0.5) is 0 Å². The van der Waals surface area contributed by atoms with E-state index in [1.165, 1.54) is 7.11 Å². The SMILES string of the molecule is COC(=O)CCC/C=C\C[C@@H]1[C@@H](C=O)[C@H](O)C[C@H]1Cl. The quantitative estimate of drug-likeness (QED) is 0.256. The first-order valence-corrected chi connectivity index (χ1v) is 7.03. The summed E-state index contributed by atoms with van der Waals surface area (Å²) < 4.78 is 4.55. The fourth-order valence-corrected chi connectivity index (χ4v) is 2.88. The highest BCUT2D eigenvalue weighted by Gasteiger charge is 2.40. The Morgan fingerprint density at radius 1 is 1.47 bits per heavy atom. The molecule has 1 rings (SSSR count). The van der Waals surface area contributed by atoms with Crippen LogP contribution in [0.15, 0.2) is 12.2 Å². The summed E-state index contributed by atoms with van der Waals surface area (Å²) in [7, 11) is 1.38. The van der Waals surface area contributed by atoms with Crippen LogP contribution in [0.25, 0.3) is 0 Å². The molecule has 1 aliphatic rings. The molecular formula is C14H21ClO4. The Morgan fingerprint density at radius 3 is 2.84 bits per heavy atom. The van der Waals surface area contributed by atoms with Crippen LogP contribution in [0, 0.1) is 11.8 Å². The average Bonchev–Trinajstić information content (AvgIpc) is 2.67. The van der Waals surface area contributed by atoms with Gasteiger partial charge in [-0.1, -0.05) is 12.2 Å². The molecule has 0 saturated heterocycles. The minimum Gasteiger partial charge on any atom is -0.469 e. The van der Waals surface area contributed by atoms with Gasteiger partial charge in [0.15, 0.2) is 0 Å². The monoisotopic (exact) mass is 288 g/mol. The number of aliphatic hydroxyl groups is 1. The van der Waals surface area contributed by atoms with Crippen LogP contribution in [0.5, 0.6) is 0 Å². The van der Waals surface area contributed by atoms with Gasteiger partial charge >= 0.3 is 5.97 Å². The van der Waals surface area contributed by atoms with Crippen molar-refractivity contribution in [3.05, 3.63) is 12.2 Å². The third-order valence-electron chi connectivity index (χ3n) is 3.58. The van der Waals surface area contributed by atoms with Crippen molar-refractivity contribution >= 4 is 23.9 Å². The Morgan fingerprint density at radius 2 is 2.21 bits per heavy atom. The highest BCUT2D eigenvalue weighted by atomic mass is 35.5. The first kappa shape index (κ1) is 16.2. The lowest BCUT2D eigenvalue weighted by molar-refractivity contribution is -0.140. The number of allylic oxidation sites excluding steroid dienone is 2. The third kappa shape index (κ3) is 4.96. The molecule has 1 saturated carbocycles. The molecule has 0 aromatic heterocycles. The number of rotatable bonds is 7. The van der Waals surface area contributed by atoms with Gasteiger partial charge < -0.3 is 14.6 Å². The standard InChI is InChI=1S/C14H21ClO4/c1-19-14(18)7-5-3-2-4-6-10-11(9-16)13(17)8-12(10)15/h2,4,9-13,17H,3,5-8H2,1H3/b4-2-/t10-,11-,12-,13-/m1/s1. The van der Waals surface area contributed by atoms with Gasteiger partial charge in [-0.2, -0.15) is 0 Å². The number of aliphatic hydroxyl groups excluding tert-OH is 1. The second-order valence-corrected chi connectivity index (χ2v) is 5.43. The normalized spacial score (nSPS) is 30.7. The number of halogens is 1. The van der Waals surface area contributed by atoms with Crippen molar-refractivity contribution in [2.45, 2.75) is 43.6 Å². The fraction of sp³-hybridized carbons (Fsp3) is 0.714. The van der Waals surface area contributed by atoms with E-state index in [0.29, 0.717) is 19.3 Å². The molecule has 5 heteroatoms. The molecule has 4 atom stereocenters. The lowest BCUT2D eigenvalue weighted by Gasteiger charge is -2.16. The van der Waals surface area contributed by atoms with Crippen molar-refractivity contribution < 1.29 is 19.4 Å². The molecule has 0 heterocycles. The molecule has 0 bridgehead atoms. The number of carbonyl (C=O) groups is 2. The van der Waals surface area contributed by atoms with Gasteiger partial charge in [0, 0.05) is 17.7 Å². The van der Waals surface area contributed by atoms with Gasteiger partial charge in [0.1, 0.15) is 6.29 Å². The van der Waals surface area contributed by atoms with Crippen LogP contribution in [0.2, 0.25) is 0 Å². The summed E-state index contributed by atoms with van der Waals surface area (Å²) >= 11 is 6.13. The lowest BCUT2D eigenvalue weighted by atomic mass is 9.92. The zero-order valence-corrected chi connectivity index (χ0v) is 11.9. The first-order valence-electron chi connectivity index (χ1n) is 6.59. The maximum absolute atomic E-state index is 10.9. The van der Waals surface area contributed by atoms with Gasteiger partial charge in [0.05, 0.1) is 13.2 Å². The highest BCUT2D eigenvalue weighted by Crippen LogP contribution is 2.37. The van der Waals surface area contributed by atoms with Crippen molar-refractivity contribution in [3.8, 4) is 0 Å². The van der Waals surface area contributed by atoms with Crippen molar-refractivity contribution in [2.24, 2.45) is 11.8 Å².